The van der Waals surface area contributed by atoms with Crippen LogP contribution in [0.3, 0.4) is 0 Å². The predicted molar refractivity (Wildman–Crippen MR) is 98.2 cm³/mol. The van der Waals surface area contributed by atoms with Crippen molar-refractivity contribution < 1.29 is 0 Å². The molecule has 1 saturated carbocycles. The summed E-state index contributed by atoms with van der Waals surface area (Å²) in [5, 5.41) is 4.12. The summed E-state index contributed by atoms with van der Waals surface area (Å²) >= 11 is 3.24. The Labute approximate surface area is 143 Å². The molecule has 1 aliphatic carbocycles. The molecule has 3 aromatic rings. The minimum absolute atomic E-state index is 0.0764. The number of thioether (sulfide) groups is 1. The van der Waals surface area contributed by atoms with E-state index in [1.54, 1.807) is 27.7 Å². The van der Waals surface area contributed by atoms with Crippen molar-refractivity contribution >= 4 is 33.3 Å². The normalized spacial score (nSPS) is 14.7. The first-order chi connectivity index (χ1) is 11.1. The average Bonchev–Trinajstić information content (AvgIpc) is 3.28. The quantitative estimate of drug-likeness (QED) is 0.503. The van der Waals surface area contributed by atoms with Crippen LogP contribution in [-0.2, 0) is 0 Å². The highest BCUT2D eigenvalue weighted by Gasteiger charge is 2.29. The summed E-state index contributed by atoms with van der Waals surface area (Å²) in [6, 6.07) is 9.84. The zero-order chi connectivity index (χ0) is 16.0. The summed E-state index contributed by atoms with van der Waals surface area (Å²) in [6.07, 6.45) is 2.39. The van der Waals surface area contributed by atoms with Crippen molar-refractivity contribution in [1.82, 2.24) is 9.55 Å². The number of hydrogen-bond donors (Lipinski definition) is 0. The Morgan fingerprint density at radius 1 is 1.26 bits per heavy atom. The Bertz CT molecular complexity index is 908. The van der Waals surface area contributed by atoms with Crippen LogP contribution >= 0.6 is 23.1 Å². The second kappa shape index (κ2) is 5.80. The van der Waals surface area contributed by atoms with Crippen LogP contribution in [0.25, 0.3) is 15.9 Å². The Morgan fingerprint density at radius 2 is 2.00 bits per heavy atom. The van der Waals surface area contributed by atoms with Gasteiger partial charge in [0.1, 0.15) is 4.83 Å². The van der Waals surface area contributed by atoms with E-state index in [4.69, 9.17) is 4.98 Å². The Morgan fingerprint density at radius 3 is 2.65 bits per heavy atom. The van der Waals surface area contributed by atoms with Gasteiger partial charge in [0.15, 0.2) is 5.16 Å². The minimum Gasteiger partial charge on any atom is -0.268 e. The van der Waals surface area contributed by atoms with Gasteiger partial charge in [0.05, 0.1) is 11.1 Å². The molecule has 4 rings (SSSR count). The van der Waals surface area contributed by atoms with Crippen LogP contribution in [0, 0.1) is 0 Å². The minimum atomic E-state index is 0.0764. The Kier molecular flexibility index (Phi) is 3.77. The molecule has 118 valence electrons. The molecule has 2 heterocycles. The van der Waals surface area contributed by atoms with Gasteiger partial charge in [0, 0.05) is 5.25 Å². The van der Waals surface area contributed by atoms with Gasteiger partial charge in [-0.15, -0.1) is 11.3 Å². The van der Waals surface area contributed by atoms with Crippen molar-refractivity contribution in [3.05, 3.63) is 51.6 Å². The van der Waals surface area contributed by atoms with Crippen molar-refractivity contribution in [1.29, 1.82) is 0 Å². The smallest absolute Gasteiger partial charge is 0.267 e. The van der Waals surface area contributed by atoms with Crippen molar-refractivity contribution in [2.24, 2.45) is 0 Å². The first-order valence-corrected chi connectivity index (χ1v) is 9.67. The molecular weight excluding hydrogens is 324 g/mol. The van der Waals surface area contributed by atoms with Gasteiger partial charge in [-0.3, -0.25) is 9.36 Å². The van der Waals surface area contributed by atoms with Crippen LogP contribution in [-0.4, -0.2) is 14.8 Å². The summed E-state index contributed by atoms with van der Waals surface area (Å²) in [5.41, 5.74) is 2.17. The SMILES string of the molecule is CC(C)Sc1nc2scc(C3CC3)c2c(=O)n1-c1ccccc1. The van der Waals surface area contributed by atoms with Crippen LogP contribution in [0.15, 0.2) is 45.7 Å². The van der Waals surface area contributed by atoms with Gasteiger partial charge in [0.25, 0.3) is 5.56 Å². The van der Waals surface area contributed by atoms with E-state index in [0.29, 0.717) is 11.2 Å². The molecule has 0 unspecified atom stereocenters. The Balaban J connectivity index is 2.01. The van der Waals surface area contributed by atoms with Crippen molar-refractivity contribution in [2.45, 2.75) is 43.0 Å². The average molecular weight is 342 g/mol. The number of hydrogen-bond acceptors (Lipinski definition) is 4. The monoisotopic (exact) mass is 342 g/mol. The highest BCUT2D eigenvalue weighted by Crippen LogP contribution is 2.44. The van der Waals surface area contributed by atoms with Crippen molar-refractivity contribution in [3.8, 4) is 5.69 Å². The lowest BCUT2D eigenvalue weighted by atomic mass is 10.1. The van der Waals surface area contributed by atoms with E-state index in [9.17, 15) is 4.79 Å². The highest BCUT2D eigenvalue weighted by atomic mass is 32.2. The molecule has 1 aromatic carbocycles. The van der Waals surface area contributed by atoms with E-state index in [0.717, 1.165) is 21.1 Å². The van der Waals surface area contributed by atoms with Gasteiger partial charge in [0.2, 0.25) is 0 Å². The molecule has 0 radical (unpaired) electrons. The first kappa shape index (κ1) is 15.0. The molecule has 0 saturated heterocycles. The molecule has 2 aromatic heterocycles. The van der Waals surface area contributed by atoms with Gasteiger partial charge in [-0.05, 0) is 41.8 Å². The third-order valence-electron chi connectivity index (χ3n) is 3.98. The molecule has 0 amide bonds. The zero-order valence-electron chi connectivity index (χ0n) is 13.2. The number of fused-ring (bicyclic) bond motifs is 1. The molecule has 0 aliphatic heterocycles. The maximum absolute atomic E-state index is 13.3. The molecule has 0 spiro atoms. The van der Waals surface area contributed by atoms with Crippen LogP contribution < -0.4 is 5.56 Å². The lowest BCUT2D eigenvalue weighted by Crippen LogP contribution is -2.22. The fourth-order valence-electron chi connectivity index (χ4n) is 2.78. The van der Waals surface area contributed by atoms with Crippen LogP contribution in [0.1, 0.15) is 38.2 Å². The van der Waals surface area contributed by atoms with Crippen LogP contribution in [0.2, 0.25) is 0 Å². The van der Waals surface area contributed by atoms with E-state index in [2.05, 4.69) is 19.2 Å². The fraction of sp³-hybridized carbons (Fsp3) is 0.333. The summed E-state index contributed by atoms with van der Waals surface area (Å²) in [6.45, 7) is 4.25. The van der Waals surface area contributed by atoms with E-state index >= 15 is 0 Å². The lowest BCUT2D eigenvalue weighted by molar-refractivity contribution is 0.817. The van der Waals surface area contributed by atoms with Crippen LogP contribution in [0.5, 0.6) is 0 Å². The van der Waals surface area contributed by atoms with Gasteiger partial charge in [-0.1, -0.05) is 43.8 Å². The maximum atomic E-state index is 13.3. The summed E-state index contributed by atoms with van der Waals surface area (Å²) < 4.78 is 1.78. The van der Waals surface area contributed by atoms with Gasteiger partial charge in [-0.2, -0.15) is 0 Å². The molecular formula is C18H18N2OS2. The molecule has 0 bridgehead atoms. The van der Waals surface area contributed by atoms with Gasteiger partial charge in [-0.25, -0.2) is 4.98 Å². The van der Waals surface area contributed by atoms with Gasteiger partial charge >= 0.3 is 0 Å². The zero-order valence-corrected chi connectivity index (χ0v) is 14.8. The number of rotatable bonds is 4. The standard InChI is InChI=1S/C18H18N2OS2/c1-11(2)23-18-19-16-15(14(10-22-16)12-8-9-12)17(21)20(18)13-6-4-3-5-7-13/h3-7,10-12H,8-9H2,1-2H3. The largest absolute Gasteiger partial charge is 0.268 e. The molecule has 0 N–H and O–H groups in total. The summed E-state index contributed by atoms with van der Waals surface area (Å²) in [5.74, 6) is 0.561. The first-order valence-electron chi connectivity index (χ1n) is 7.91. The third-order valence-corrected chi connectivity index (χ3v) is 5.82. The fourth-order valence-corrected chi connectivity index (χ4v) is 4.71. The number of aromatic nitrogens is 2. The van der Waals surface area contributed by atoms with Crippen LogP contribution in [0.4, 0.5) is 0 Å². The number of nitrogens with zero attached hydrogens (tertiary/aromatic N) is 2. The highest BCUT2D eigenvalue weighted by molar-refractivity contribution is 7.99. The second-order valence-corrected chi connectivity index (χ2v) is 8.58. The van der Waals surface area contributed by atoms with Crippen molar-refractivity contribution in [3.63, 3.8) is 0 Å². The second-order valence-electron chi connectivity index (χ2n) is 6.18. The van der Waals surface area contributed by atoms with Crippen molar-refractivity contribution in [2.75, 3.05) is 0 Å². The lowest BCUT2D eigenvalue weighted by Gasteiger charge is -2.13. The third kappa shape index (κ3) is 2.72. The summed E-state index contributed by atoms with van der Waals surface area (Å²) in [7, 11) is 0. The van der Waals surface area contributed by atoms with Gasteiger partial charge < -0.3 is 0 Å². The molecule has 1 fully saturated rings. The Hall–Kier alpha value is -1.59. The molecule has 23 heavy (non-hydrogen) atoms. The van der Waals surface area contributed by atoms with E-state index in [-0.39, 0.29) is 5.56 Å². The van der Waals surface area contributed by atoms with E-state index in [1.165, 1.54) is 18.4 Å². The summed E-state index contributed by atoms with van der Waals surface area (Å²) in [4.78, 5) is 19.0. The maximum Gasteiger partial charge on any atom is 0.267 e. The molecule has 1 aliphatic rings. The molecule has 0 atom stereocenters. The van der Waals surface area contributed by atoms with E-state index in [1.807, 2.05) is 30.3 Å². The predicted octanol–water partition coefficient (Wildman–Crippen LogP) is 4.83. The number of para-hydroxylation sites is 1. The number of thiophene rings is 1. The molecule has 5 heteroatoms. The number of benzene rings is 1. The molecule has 3 nitrogen and oxygen atoms in total. The topological polar surface area (TPSA) is 34.9 Å². The van der Waals surface area contributed by atoms with E-state index < -0.39 is 0 Å².